The zero-order chi connectivity index (χ0) is 11.5. The molecule has 0 aliphatic rings. The average molecular weight is 211 g/mol. The second-order valence-corrected chi connectivity index (χ2v) is 2.70. The number of hydrogen-bond acceptors (Lipinski definition) is 3. The van der Waals surface area contributed by atoms with E-state index in [0.717, 1.165) is 6.42 Å². The van der Waals surface area contributed by atoms with E-state index in [1.54, 1.807) is 13.3 Å². The summed E-state index contributed by atoms with van der Waals surface area (Å²) in [5.74, 6) is 0.677. The largest absolute Gasteiger partial charge is 0.475 e. The molecular weight excluding hydrogens is 190 g/mol. The molecule has 0 saturated heterocycles. The molecule has 0 radical (unpaired) electrons. The summed E-state index contributed by atoms with van der Waals surface area (Å²) in [5, 5.41) is 0. The lowest BCUT2D eigenvalue weighted by atomic mass is 10.2. The van der Waals surface area contributed by atoms with E-state index in [1.165, 1.54) is 5.56 Å². The minimum Gasteiger partial charge on any atom is -0.475 e. The van der Waals surface area contributed by atoms with Gasteiger partial charge in [0.05, 0.1) is 6.61 Å². The van der Waals surface area contributed by atoms with Crippen LogP contribution in [0.3, 0.4) is 0 Å². The van der Waals surface area contributed by atoms with Gasteiger partial charge < -0.3 is 9.47 Å². The van der Waals surface area contributed by atoms with Gasteiger partial charge in [-0.1, -0.05) is 20.8 Å². The summed E-state index contributed by atoms with van der Waals surface area (Å²) in [5.41, 5.74) is 1.24. The predicted octanol–water partition coefficient (Wildman–Crippen LogP) is 2.70. The van der Waals surface area contributed by atoms with Crippen LogP contribution in [0.5, 0.6) is 5.88 Å². The third-order valence-electron chi connectivity index (χ3n) is 1.74. The second kappa shape index (κ2) is 9.46. The number of pyridine rings is 1. The molecule has 3 nitrogen and oxygen atoms in total. The van der Waals surface area contributed by atoms with Crippen molar-refractivity contribution in [1.82, 2.24) is 4.98 Å². The lowest BCUT2D eigenvalue weighted by molar-refractivity contribution is 0.143. The van der Waals surface area contributed by atoms with Crippen LogP contribution in [0.4, 0.5) is 0 Å². The van der Waals surface area contributed by atoms with Crippen molar-refractivity contribution in [2.24, 2.45) is 0 Å². The molecule has 15 heavy (non-hydrogen) atoms. The van der Waals surface area contributed by atoms with Crippen molar-refractivity contribution < 1.29 is 9.47 Å². The Labute approximate surface area is 92.4 Å². The van der Waals surface area contributed by atoms with Gasteiger partial charge in [0, 0.05) is 19.4 Å². The van der Waals surface area contributed by atoms with Crippen molar-refractivity contribution in [2.45, 2.75) is 27.2 Å². The second-order valence-electron chi connectivity index (χ2n) is 2.70. The summed E-state index contributed by atoms with van der Waals surface area (Å²) in [6.07, 6.45) is 2.77. The first-order valence-electron chi connectivity index (χ1n) is 5.43. The van der Waals surface area contributed by atoms with Crippen LogP contribution in [0.15, 0.2) is 18.3 Å². The van der Waals surface area contributed by atoms with E-state index < -0.39 is 0 Å². The fourth-order valence-electron chi connectivity index (χ4n) is 0.979. The van der Waals surface area contributed by atoms with Gasteiger partial charge in [0.2, 0.25) is 5.88 Å². The zero-order valence-corrected chi connectivity index (χ0v) is 10.1. The molecule has 1 heterocycles. The maximum Gasteiger partial charge on any atom is 0.213 e. The Morgan fingerprint density at radius 1 is 1.27 bits per heavy atom. The van der Waals surface area contributed by atoms with E-state index in [4.69, 9.17) is 9.47 Å². The first-order valence-corrected chi connectivity index (χ1v) is 5.43. The third-order valence-corrected chi connectivity index (χ3v) is 1.74. The highest BCUT2D eigenvalue weighted by Crippen LogP contribution is 2.09. The average Bonchev–Trinajstić information content (AvgIpc) is 2.32. The number of methoxy groups -OCH3 is 1. The summed E-state index contributed by atoms with van der Waals surface area (Å²) in [7, 11) is 1.65. The molecular formula is C12H21NO2. The fourth-order valence-corrected chi connectivity index (χ4v) is 0.979. The van der Waals surface area contributed by atoms with Crippen LogP contribution in [0.1, 0.15) is 26.3 Å². The highest BCUT2D eigenvalue weighted by Gasteiger charge is 1.95. The van der Waals surface area contributed by atoms with Gasteiger partial charge in [-0.25, -0.2) is 4.98 Å². The first kappa shape index (κ1) is 13.9. The van der Waals surface area contributed by atoms with Crippen LogP contribution in [-0.2, 0) is 11.2 Å². The van der Waals surface area contributed by atoms with Crippen molar-refractivity contribution in [3.8, 4) is 5.88 Å². The Morgan fingerprint density at radius 3 is 2.60 bits per heavy atom. The lowest BCUT2D eigenvalue weighted by Gasteiger charge is -2.04. The molecule has 0 fully saturated rings. The number of hydrogen-bond donors (Lipinski definition) is 0. The molecule has 0 N–H and O–H groups in total. The minimum atomic E-state index is 0.552. The SMILES string of the molecule is CC.CCc1ccnc(OCCOC)c1. The highest BCUT2D eigenvalue weighted by atomic mass is 16.5. The monoisotopic (exact) mass is 211 g/mol. The summed E-state index contributed by atoms with van der Waals surface area (Å²) in [6, 6.07) is 3.94. The highest BCUT2D eigenvalue weighted by molar-refractivity contribution is 5.20. The van der Waals surface area contributed by atoms with E-state index in [9.17, 15) is 0 Å². The van der Waals surface area contributed by atoms with Crippen molar-refractivity contribution >= 4 is 0 Å². The van der Waals surface area contributed by atoms with Crippen molar-refractivity contribution in [1.29, 1.82) is 0 Å². The van der Waals surface area contributed by atoms with E-state index in [1.807, 2.05) is 26.0 Å². The summed E-state index contributed by atoms with van der Waals surface area (Å²) in [6.45, 7) is 7.25. The van der Waals surface area contributed by atoms with Crippen molar-refractivity contribution in [3.05, 3.63) is 23.9 Å². The minimum absolute atomic E-state index is 0.552. The van der Waals surface area contributed by atoms with E-state index in [0.29, 0.717) is 19.1 Å². The predicted molar refractivity (Wildman–Crippen MR) is 62.3 cm³/mol. The number of aryl methyl sites for hydroxylation is 1. The fraction of sp³-hybridized carbons (Fsp3) is 0.583. The maximum absolute atomic E-state index is 5.35. The van der Waals surface area contributed by atoms with Crippen LogP contribution >= 0.6 is 0 Å². The molecule has 0 saturated carbocycles. The van der Waals surface area contributed by atoms with Gasteiger partial charge in [0.25, 0.3) is 0 Å². The third kappa shape index (κ3) is 6.07. The molecule has 3 heteroatoms. The smallest absolute Gasteiger partial charge is 0.213 e. The zero-order valence-electron chi connectivity index (χ0n) is 10.1. The molecule has 0 spiro atoms. The molecule has 0 atom stereocenters. The lowest BCUT2D eigenvalue weighted by Crippen LogP contribution is -2.05. The first-order chi connectivity index (χ1) is 7.36. The molecule has 86 valence electrons. The van der Waals surface area contributed by atoms with Gasteiger partial charge in [-0.3, -0.25) is 0 Å². The Bertz CT molecular complexity index is 251. The van der Waals surface area contributed by atoms with Gasteiger partial charge in [0.1, 0.15) is 6.61 Å². The Morgan fingerprint density at radius 2 is 2.00 bits per heavy atom. The summed E-state index contributed by atoms with van der Waals surface area (Å²) < 4.78 is 10.2. The van der Waals surface area contributed by atoms with Gasteiger partial charge in [-0.2, -0.15) is 0 Å². The number of aromatic nitrogens is 1. The van der Waals surface area contributed by atoms with E-state index >= 15 is 0 Å². The normalized spacial score (nSPS) is 9.07. The van der Waals surface area contributed by atoms with Crippen LogP contribution in [0, 0.1) is 0 Å². The number of ether oxygens (including phenoxy) is 2. The maximum atomic E-state index is 5.35. The molecule has 0 aliphatic heterocycles. The number of rotatable bonds is 5. The molecule has 0 bridgehead atoms. The topological polar surface area (TPSA) is 31.4 Å². The molecule has 0 aliphatic carbocycles. The van der Waals surface area contributed by atoms with Crippen molar-refractivity contribution in [2.75, 3.05) is 20.3 Å². The van der Waals surface area contributed by atoms with Gasteiger partial charge in [0.15, 0.2) is 0 Å². The molecule has 1 rings (SSSR count). The van der Waals surface area contributed by atoms with Gasteiger partial charge in [-0.15, -0.1) is 0 Å². The van der Waals surface area contributed by atoms with E-state index in [2.05, 4.69) is 11.9 Å². The van der Waals surface area contributed by atoms with E-state index in [-0.39, 0.29) is 0 Å². The molecule has 0 aromatic carbocycles. The standard InChI is InChI=1S/C10H15NO2.C2H6/c1-3-9-4-5-11-10(8-9)13-7-6-12-2;1-2/h4-5,8H,3,6-7H2,1-2H3;1-2H3. The molecule has 0 unspecified atom stereocenters. The summed E-state index contributed by atoms with van der Waals surface area (Å²) >= 11 is 0. The summed E-state index contributed by atoms with van der Waals surface area (Å²) in [4.78, 5) is 4.08. The quantitative estimate of drug-likeness (QED) is 0.702. The van der Waals surface area contributed by atoms with Gasteiger partial charge >= 0.3 is 0 Å². The molecule has 1 aromatic rings. The molecule has 1 aromatic heterocycles. The number of nitrogens with zero attached hydrogens (tertiary/aromatic N) is 1. The van der Waals surface area contributed by atoms with Crippen LogP contribution in [0.25, 0.3) is 0 Å². The Kier molecular flexibility index (Phi) is 8.78. The van der Waals surface area contributed by atoms with Crippen LogP contribution < -0.4 is 4.74 Å². The van der Waals surface area contributed by atoms with Crippen LogP contribution in [0.2, 0.25) is 0 Å². The Balaban J connectivity index is 0.000000921. The molecule has 0 amide bonds. The Hall–Kier alpha value is -1.09. The van der Waals surface area contributed by atoms with Crippen LogP contribution in [-0.4, -0.2) is 25.3 Å². The van der Waals surface area contributed by atoms with Gasteiger partial charge in [-0.05, 0) is 18.1 Å². The van der Waals surface area contributed by atoms with Crippen molar-refractivity contribution in [3.63, 3.8) is 0 Å².